The molecule has 0 radical (unpaired) electrons. The first kappa shape index (κ1) is 15.9. The van der Waals surface area contributed by atoms with Gasteiger partial charge in [-0.3, -0.25) is 9.59 Å². The smallest absolute Gasteiger partial charge is 0.399 e. The van der Waals surface area contributed by atoms with E-state index in [1.807, 2.05) is 13.0 Å². The Balaban J connectivity index is 2.20. The van der Waals surface area contributed by atoms with E-state index in [-0.39, 0.29) is 18.4 Å². The largest absolute Gasteiger partial charge is 0.459 e. The van der Waals surface area contributed by atoms with E-state index in [1.54, 1.807) is 25.2 Å². The molecule has 0 bridgehead atoms. The first-order chi connectivity index (χ1) is 10.5. The normalized spacial score (nSPS) is 21.6. The summed E-state index contributed by atoms with van der Waals surface area (Å²) in [6.45, 7) is 3.79. The molecule has 2 aliphatic rings. The minimum atomic E-state index is -0.983. The molecule has 1 aliphatic heterocycles. The summed E-state index contributed by atoms with van der Waals surface area (Å²) in [7, 11) is 0. The topological polar surface area (TPSA) is 84.8 Å². The highest BCUT2D eigenvalue weighted by Gasteiger charge is 2.26. The fourth-order valence-corrected chi connectivity index (χ4v) is 2.41. The third-order valence-corrected chi connectivity index (χ3v) is 3.30. The van der Waals surface area contributed by atoms with Gasteiger partial charge in [-0.1, -0.05) is 25.0 Å². The molecule has 6 heteroatoms. The van der Waals surface area contributed by atoms with Crippen LogP contribution in [0, 0.1) is 5.92 Å². The van der Waals surface area contributed by atoms with E-state index in [0.29, 0.717) is 11.4 Å². The quantitative estimate of drug-likeness (QED) is 0.631. The summed E-state index contributed by atoms with van der Waals surface area (Å²) in [5.41, 5.74) is 2.03. The Bertz CT molecular complexity index is 626. The molecule has 1 unspecified atom stereocenters. The maximum Gasteiger partial charge on any atom is 0.399 e. The molecule has 6 nitrogen and oxygen atoms in total. The van der Waals surface area contributed by atoms with Crippen LogP contribution in [-0.4, -0.2) is 30.1 Å². The predicted molar refractivity (Wildman–Crippen MR) is 80.9 cm³/mol. The van der Waals surface area contributed by atoms with Crippen molar-refractivity contribution < 1.29 is 19.1 Å². The second-order valence-corrected chi connectivity index (χ2v) is 4.96. The standard InChI is InChI=1S/C16H18N2O4/c1-3-5-10-8-14(19)18-13-9-11(6-7-12(10)13)17-15(20)16(21)22-4-2/h6-9,12H,3-5H2,1-2H3,(H,18,19). The van der Waals surface area contributed by atoms with Crippen molar-refractivity contribution in [3.8, 4) is 0 Å². The minimum absolute atomic E-state index is 0.00528. The number of carbonyl (C=O) groups is 3. The molecule has 0 aromatic rings. The van der Waals surface area contributed by atoms with E-state index in [0.717, 1.165) is 18.4 Å². The molecule has 0 aromatic heterocycles. The SMILES string of the molecule is CCCC1=CC(=O)NC2=CC(=NC(=O)C(=O)OCC)C=CC12. The molecular weight excluding hydrogens is 284 g/mol. The summed E-state index contributed by atoms with van der Waals surface area (Å²) >= 11 is 0. The average Bonchev–Trinajstić information content (AvgIpc) is 2.47. The van der Waals surface area contributed by atoms with Crippen molar-refractivity contribution in [1.29, 1.82) is 0 Å². The van der Waals surface area contributed by atoms with E-state index >= 15 is 0 Å². The third-order valence-electron chi connectivity index (χ3n) is 3.30. The van der Waals surface area contributed by atoms with Crippen LogP contribution in [0.1, 0.15) is 26.7 Å². The molecule has 1 heterocycles. The van der Waals surface area contributed by atoms with Gasteiger partial charge in [0.15, 0.2) is 0 Å². The average molecular weight is 302 g/mol. The minimum Gasteiger partial charge on any atom is -0.459 e. The highest BCUT2D eigenvalue weighted by molar-refractivity contribution is 6.36. The van der Waals surface area contributed by atoms with Crippen molar-refractivity contribution in [3.63, 3.8) is 0 Å². The highest BCUT2D eigenvalue weighted by Crippen LogP contribution is 2.29. The molecule has 0 saturated heterocycles. The van der Waals surface area contributed by atoms with E-state index < -0.39 is 11.9 Å². The Morgan fingerprint density at radius 3 is 2.77 bits per heavy atom. The Morgan fingerprint density at radius 1 is 1.32 bits per heavy atom. The number of hydrogen-bond donors (Lipinski definition) is 1. The zero-order valence-corrected chi connectivity index (χ0v) is 12.6. The van der Waals surface area contributed by atoms with Crippen LogP contribution in [0.5, 0.6) is 0 Å². The van der Waals surface area contributed by atoms with Crippen LogP contribution in [0.2, 0.25) is 0 Å². The first-order valence-corrected chi connectivity index (χ1v) is 7.26. The van der Waals surface area contributed by atoms with Crippen molar-refractivity contribution in [2.24, 2.45) is 10.9 Å². The van der Waals surface area contributed by atoms with Gasteiger partial charge in [0.2, 0.25) is 5.91 Å². The van der Waals surface area contributed by atoms with Gasteiger partial charge in [-0.15, -0.1) is 0 Å². The number of hydrogen-bond acceptors (Lipinski definition) is 4. The molecule has 116 valence electrons. The lowest BCUT2D eigenvalue weighted by molar-refractivity contribution is -0.152. The van der Waals surface area contributed by atoms with E-state index in [4.69, 9.17) is 0 Å². The van der Waals surface area contributed by atoms with Gasteiger partial charge in [-0.2, -0.15) is 0 Å². The first-order valence-electron chi connectivity index (χ1n) is 7.26. The number of nitrogens with zero attached hydrogens (tertiary/aromatic N) is 1. The number of carbonyl (C=O) groups excluding carboxylic acids is 3. The molecule has 2 amide bonds. The molecule has 2 rings (SSSR count). The van der Waals surface area contributed by atoms with Gasteiger partial charge in [0, 0.05) is 17.7 Å². The zero-order chi connectivity index (χ0) is 16.1. The van der Waals surface area contributed by atoms with E-state index in [2.05, 4.69) is 15.0 Å². The summed E-state index contributed by atoms with van der Waals surface area (Å²) in [4.78, 5) is 38.3. The van der Waals surface area contributed by atoms with Gasteiger partial charge in [-0.05, 0) is 25.5 Å². The fraction of sp³-hybridized carbons (Fsp3) is 0.375. The number of ether oxygens (including phenoxy) is 1. The number of fused-ring (bicyclic) bond motifs is 1. The Morgan fingerprint density at radius 2 is 2.09 bits per heavy atom. The summed E-state index contributed by atoms with van der Waals surface area (Å²) in [5.74, 6) is -2.13. The molecule has 0 saturated carbocycles. The predicted octanol–water partition coefficient (Wildman–Crippen LogP) is 1.44. The number of esters is 1. The lowest BCUT2D eigenvalue weighted by Gasteiger charge is -2.27. The van der Waals surface area contributed by atoms with Crippen LogP contribution in [0.4, 0.5) is 0 Å². The van der Waals surface area contributed by atoms with Crippen LogP contribution in [0.25, 0.3) is 0 Å². The fourth-order valence-electron chi connectivity index (χ4n) is 2.41. The highest BCUT2D eigenvalue weighted by atomic mass is 16.5. The summed E-state index contributed by atoms with van der Waals surface area (Å²) in [5, 5.41) is 2.75. The summed E-state index contributed by atoms with van der Waals surface area (Å²) in [6, 6.07) is 0. The molecule has 1 aliphatic carbocycles. The molecule has 1 N–H and O–H groups in total. The van der Waals surface area contributed by atoms with Crippen LogP contribution >= 0.6 is 0 Å². The maximum atomic E-state index is 11.7. The Hall–Kier alpha value is -2.50. The maximum absolute atomic E-state index is 11.7. The Kier molecular flexibility index (Phi) is 5.04. The van der Waals surface area contributed by atoms with Crippen molar-refractivity contribution in [2.45, 2.75) is 26.7 Å². The van der Waals surface area contributed by atoms with Gasteiger partial charge < -0.3 is 10.1 Å². The third kappa shape index (κ3) is 3.58. The number of rotatable bonds is 3. The van der Waals surface area contributed by atoms with Crippen molar-refractivity contribution in [2.75, 3.05) is 6.61 Å². The summed E-state index contributed by atoms with van der Waals surface area (Å²) in [6.07, 6.45) is 8.54. The van der Waals surface area contributed by atoms with Crippen LogP contribution < -0.4 is 5.32 Å². The number of nitrogens with one attached hydrogen (secondary N) is 1. The van der Waals surface area contributed by atoms with Crippen molar-refractivity contribution >= 4 is 23.5 Å². The van der Waals surface area contributed by atoms with Crippen LogP contribution in [-0.2, 0) is 19.1 Å². The van der Waals surface area contributed by atoms with Crippen molar-refractivity contribution in [1.82, 2.24) is 5.32 Å². The van der Waals surface area contributed by atoms with Gasteiger partial charge in [0.25, 0.3) is 0 Å². The summed E-state index contributed by atoms with van der Waals surface area (Å²) < 4.78 is 4.60. The number of allylic oxidation sites excluding steroid dienone is 3. The molecule has 0 spiro atoms. The van der Waals surface area contributed by atoms with Gasteiger partial charge >= 0.3 is 11.9 Å². The number of aliphatic imine (C=N–C) groups is 1. The molecule has 0 aromatic carbocycles. The molecular formula is C16H18N2O4. The van der Waals surface area contributed by atoms with E-state index in [9.17, 15) is 14.4 Å². The number of amides is 2. The van der Waals surface area contributed by atoms with Gasteiger partial charge in [0.05, 0.1) is 12.3 Å². The molecule has 0 fully saturated rings. The van der Waals surface area contributed by atoms with E-state index in [1.165, 1.54) is 0 Å². The van der Waals surface area contributed by atoms with Crippen molar-refractivity contribution in [3.05, 3.63) is 35.6 Å². The zero-order valence-electron chi connectivity index (χ0n) is 12.6. The molecule has 22 heavy (non-hydrogen) atoms. The second kappa shape index (κ2) is 6.98. The Labute approximate surface area is 128 Å². The lowest BCUT2D eigenvalue weighted by atomic mass is 9.85. The van der Waals surface area contributed by atoms with Gasteiger partial charge in [0.1, 0.15) is 0 Å². The molecule has 1 atom stereocenters. The lowest BCUT2D eigenvalue weighted by Crippen LogP contribution is -2.33. The van der Waals surface area contributed by atoms with Crippen LogP contribution in [0.15, 0.2) is 40.6 Å². The second-order valence-electron chi connectivity index (χ2n) is 4.96. The van der Waals surface area contributed by atoms with Crippen LogP contribution in [0.3, 0.4) is 0 Å². The van der Waals surface area contributed by atoms with Gasteiger partial charge in [-0.25, -0.2) is 9.79 Å². The monoisotopic (exact) mass is 302 g/mol.